The van der Waals surface area contributed by atoms with E-state index in [1.165, 1.54) is 0 Å². The fraction of sp³-hybridized carbons (Fsp3) is 0.545. The van der Waals surface area contributed by atoms with Gasteiger partial charge in [0.05, 0.1) is 6.10 Å². The zero-order chi connectivity index (χ0) is 10.6. The maximum absolute atomic E-state index is 9.72. The van der Waals surface area contributed by atoms with E-state index in [1.807, 2.05) is 19.9 Å². The van der Waals surface area contributed by atoms with Gasteiger partial charge in [-0.05, 0) is 19.4 Å². The molecule has 3 nitrogen and oxygen atoms in total. The summed E-state index contributed by atoms with van der Waals surface area (Å²) in [4.78, 5) is 4.07. The Morgan fingerprint density at radius 2 is 2.07 bits per heavy atom. The molecule has 1 heterocycles. The summed E-state index contributed by atoms with van der Waals surface area (Å²) >= 11 is 0. The van der Waals surface area contributed by atoms with E-state index in [9.17, 15) is 10.2 Å². The van der Waals surface area contributed by atoms with Crippen molar-refractivity contribution < 1.29 is 10.2 Å². The highest BCUT2D eigenvalue weighted by Gasteiger charge is 2.17. The summed E-state index contributed by atoms with van der Waals surface area (Å²) < 4.78 is 0. The monoisotopic (exact) mass is 195 g/mol. The topological polar surface area (TPSA) is 53.4 Å². The minimum Gasteiger partial charge on any atom is -0.390 e. The molecule has 0 bridgehead atoms. The first kappa shape index (κ1) is 11.1. The molecule has 3 heteroatoms. The van der Waals surface area contributed by atoms with Crippen molar-refractivity contribution in [1.29, 1.82) is 0 Å². The first-order valence-electron chi connectivity index (χ1n) is 4.93. The molecule has 0 saturated carbocycles. The second kappa shape index (κ2) is 5.08. The predicted octanol–water partition coefficient (Wildman–Crippen LogP) is 1.58. The Labute approximate surface area is 84.4 Å². The fourth-order valence-electron chi connectivity index (χ4n) is 1.33. The number of nitrogens with zero attached hydrogens (tertiary/aromatic N) is 1. The van der Waals surface area contributed by atoms with Crippen molar-refractivity contribution in [2.75, 3.05) is 0 Å². The number of aliphatic hydroxyl groups is 2. The van der Waals surface area contributed by atoms with Crippen LogP contribution >= 0.6 is 0 Å². The molecular formula is C11H17NO2. The fourth-order valence-corrected chi connectivity index (χ4v) is 1.33. The van der Waals surface area contributed by atoms with Crippen LogP contribution < -0.4 is 0 Å². The molecule has 0 amide bonds. The molecule has 0 aliphatic rings. The van der Waals surface area contributed by atoms with Gasteiger partial charge in [0.2, 0.25) is 0 Å². The quantitative estimate of drug-likeness (QED) is 0.767. The summed E-state index contributed by atoms with van der Waals surface area (Å²) in [5.74, 6) is 0. The van der Waals surface area contributed by atoms with Crippen molar-refractivity contribution in [1.82, 2.24) is 4.98 Å². The van der Waals surface area contributed by atoms with Crippen molar-refractivity contribution in [3.63, 3.8) is 0 Å². The molecule has 2 atom stereocenters. The van der Waals surface area contributed by atoms with E-state index >= 15 is 0 Å². The molecule has 0 aliphatic heterocycles. The van der Waals surface area contributed by atoms with Gasteiger partial charge in [-0.15, -0.1) is 0 Å². The number of hydrogen-bond acceptors (Lipinski definition) is 3. The van der Waals surface area contributed by atoms with Gasteiger partial charge in [-0.3, -0.25) is 4.98 Å². The molecule has 1 aromatic rings. The molecule has 0 aliphatic carbocycles. The van der Waals surface area contributed by atoms with Gasteiger partial charge in [0.15, 0.2) is 0 Å². The Hall–Kier alpha value is -0.930. The van der Waals surface area contributed by atoms with E-state index in [2.05, 4.69) is 4.98 Å². The van der Waals surface area contributed by atoms with Gasteiger partial charge in [-0.25, -0.2) is 0 Å². The van der Waals surface area contributed by atoms with Crippen molar-refractivity contribution in [2.24, 2.45) is 0 Å². The number of aliphatic hydroxyl groups excluding tert-OH is 2. The van der Waals surface area contributed by atoms with E-state index in [0.29, 0.717) is 12.0 Å². The molecule has 0 spiro atoms. The van der Waals surface area contributed by atoms with Crippen molar-refractivity contribution in [3.8, 4) is 0 Å². The zero-order valence-corrected chi connectivity index (χ0v) is 8.64. The normalized spacial score (nSPS) is 15.1. The van der Waals surface area contributed by atoms with Crippen LogP contribution in [-0.2, 0) is 0 Å². The molecule has 0 radical (unpaired) electrons. The molecule has 1 rings (SSSR count). The lowest BCUT2D eigenvalue weighted by Gasteiger charge is -2.17. The molecule has 0 saturated heterocycles. The van der Waals surface area contributed by atoms with Gasteiger partial charge in [0.25, 0.3) is 0 Å². The number of rotatable bonds is 4. The molecule has 2 N–H and O–H groups in total. The number of hydrogen-bond donors (Lipinski definition) is 2. The van der Waals surface area contributed by atoms with E-state index in [0.717, 1.165) is 12.1 Å². The van der Waals surface area contributed by atoms with E-state index in [4.69, 9.17) is 0 Å². The standard InChI is InChI=1S/C11H17NO2/c1-3-4-10(13)11(14)9-6-5-8(2)12-7-9/h5-7,10-11,13-14H,3-4H2,1-2H3. The Balaban J connectivity index is 2.68. The first-order chi connectivity index (χ1) is 6.65. The van der Waals surface area contributed by atoms with Gasteiger partial charge in [-0.1, -0.05) is 19.4 Å². The third kappa shape index (κ3) is 2.79. The Bertz CT molecular complexity index is 271. The highest BCUT2D eigenvalue weighted by atomic mass is 16.3. The van der Waals surface area contributed by atoms with Gasteiger partial charge in [0, 0.05) is 17.5 Å². The number of pyridine rings is 1. The van der Waals surface area contributed by atoms with Gasteiger partial charge in [-0.2, -0.15) is 0 Å². The summed E-state index contributed by atoms with van der Waals surface area (Å²) in [6.45, 7) is 3.86. The summed E-state index contributed by atoms with van der Waals surface area (Å²) in [6, 6.07) is 3.63. The predicted molar refractivity (Wildman–Crippen MR) is 54.8 cm³/mol. The van der Waals surface area contributed by atoms with Crippen LogP contribution in [0.5, 0.6) is 0 Å². The lowest BCUT2D eigenvalue weighted by Crippen LogP contribution is -2.17. The molecule has 2 unspecified atom stereocenters. The minimum absolute atomic E-state index is 0.606. The van der Waals surface area contributed by atoms with E-state index in [1.54, 1.807) is 12.3 Å². The molecule has 1 aromatic heterocycles. The highest BCUT2D eigenvalue weighted by Crippen LogP contribution is 2.18. The Morgan fingerprint density at radius 1 is 1.36 bits per heavy atom. The Morgan fingerprint density at radius 3 is 2.57 bits per heavy atom. The maximum atomic E-state index is 9.72. The molecule has 78 valence electrons. The lowest BCUT2D eigenvalue weighted by atomic mass is 10.0. The largest absolute Gasteiger partial charge is 0.390 e. The second-order valence-electron chi connectivity index (χ2n) is 3.53. The van der Waals surface area contributed by atoms with Crippen LogP contribution in [0.2, 0.25) is 0 Å². The van der Waals surface area contributed by atoms with Crippen LogP contribution in [0.3, 0.4) is 0 Å². The summed E-state index contributed by atoms with van der Waals surface area (Å²) in [5.41, 5.74) is 1.59. The third-order valence-corrected chi connectivity index (χ3v) is 2.22. The molecule has 0 fully saturated rings. The number of aryl methyl sites for hydroxylation is 1. The van der Waals surface area contributed by atoms with Crippen LogP contribution in [0.1, 0.15) is 37.1 Å². The van der Waals surface area contributed by atoms with Crippen LogP contribution in [0.25, 0.3) is 0 Å². The van der Waals surface area contributed by atoms with Crippen molar-refractivity contribution in [3.05, 3.63) is 29.6 Å². The summed E-state index contributed by atoms with van der Waals surface area (Å²) in [7, 11) is 0. The Kier molecular flexibility index (Phi) is 4.04. The minimum atomic E-state index is -0.817. The van der Waals surface area contributed by atoms with E-state index < -0.39 is 12.2 Å². The van der Waals surface area contributed by atoms with Gasteiger partial charge < -0.3 is 10.2 Å². The third-order valence-electron chi connectivity index (χ3n) is 2.22. The molecule has 14 heavy (non-hydrogen) atoms. The highest BCUT2D eigenvalue weighted by molar-refractivity contribution is 5.16. The lowest BCUT2D eigenvalue weighted by molar-refractivity contribution is 0.0129. The first-order valence-corrected chi connectivity index (χ1v) is 4.93. The average Bonchev–Trinajstić information content (AvgIpc) is 2.18. The van der Waals surface area contributed by atoms with Crippen LogP contribution in [0, 0.1) is 6.92 Å². The van der Waals surface area contributed by atoms with Gasteiger partial charge >= 0.3 is 0 Å². The average molecular weight is 195 g/mol. The van der Waals surface area contributed by atoms with Crippen LogP contribution in [0.15, 0.2) is 18.3 Å². The summed E-state index contributed by atoms with van der Waals surface area (Å²) in [5, 5.41) is 19.3. The smallest absolute Gasteiger partial charge is 0.106 e. The zero-order valence-electron chi connectivity index (χ0n) is 8.64. The number of aromatic nitrogens is 1. The van der Waals surface area contributed by atoms with Crippen molar-refractivity contribution in [2.45, 2.75) is 38.9 Å². The van der Waals surface area contributed by atoms with Crippen LogP contribution in [0.4, 0.5) is 0 Å². The SMILES string of the molecule is CCCC(O)C(O)c1ccc(C)nc1. The van der Waals surface area contributed by atoms with Crippen LogP contribution in [-0.4, -0.2) is 21.3 Å². The molecular weight excluding hydrogens is 178 g/mol. The van der Waals surface area contributed by atoms with Crippen molar-refractivity contribution >= 4 is 0 Å². The van der Waals surface area contributed by atoms with E-state index in [-0.39, 0.29) is 0 Å². The molecule has 0 aromatic carbocycles. The second-order valence-corrected chi connectivity index (χ2v) is 3.53. The van der Waals surface area contributed by atoms with Gasteiger partial charge in [0.1, 0.15) is 6.10 Å². The summed E-state index contributed by atoms with van der Waals surface area (Å²) in [6.07, 6.45) is 1.57. The maximum Gasteiger partial charge on any atom is 0.106 e.